The average Bonchev–Trinajstić information content (AvgIpc) is 3.43. The molecule has 3 unspecified atom stereocenters. The third kappa shape index (κ3) is 59.5. The van der Waals surface area contributed by atoms with Crippen LogP contribution in [0.15, 0.2) is 97.2 Å². The molecule has 0 aromatic carbocycles. The minimum absolute atomic E-state index is 0.0316. The highest BCUT2D eigenvalue weighted by Gasteiger charge is 2.30. The van der Waals surface area contributed by atoms with E-state index in [1.165, 1.54) is 141 Å². The highest BCUT2D eigenvalue weighted by molar-refractivity contribution is 7.47. The van der Waals surface area contributed by atoms with Crippen molar-refractivity contribution in [3.8, 4) is 0 Å². The van der Waals surface area contributed by atoms with E-state index in [0.29, 0.717) is 23.9 Å². The van der Waals surface area contributed by atoms with Crippen LogP contribution in [0.2, 0.25) is 0 Å². The van der Waals surface area contributed by atoms with Gasteiger partial charge in [0.2, 0.25) is 5.91 Å². The summed E-state index contributed by atoms with van der Waals surface area (Å²) in [5, 5.41) is 3.05. The SMILES string of the molecule is CC/C=C\C/C=C\C/C=C\C/C=C\C/C=C\C/C=C\CCCCCCC(=O)OC(/C=C/CCCCCCCCCCCC)C(COP(=O)(O)OCC[N+](C)(C)C)NC(=O)CCCCCCCCCCC/C=C/CCCCCCCC. The normalized spacial score (nSPS) is 14.2. The molecule has 0 aliphatic heterocycles. The van der Waals surface area contributed by atoms with Crippen molar-refractivity contribution in [1.29, 1.82) is 0 Å². The number of unbranched alkanes of at least 4 members (excludes halogenated alkanes) is 29. The lowest BCUT2D eigenvalue weighted by atomic mass is 10.0. The molecule has 80 heavy (non-hydrogen) atoms. The van der Waals surface area contributed by atoms with Gasteiger partial charge in [-0.2, -0.15) is 0 Å². The van der Waals surface area contributed by atoms with Crippen LogP contribution >= 0.6 is 7.82 Å². The van der Waals surface area contributed by atoms with Gasteiger partial charge >= 0.3 is 13.8 Å². The molecule has 0 radical (unpaired) electrons. The summed E-state index contributed by atoms with van der Waals surface area (Å²) >= 11 is 0. The molecule has 0 rings (SSSR count). The highest BCUT2D eigenvalue weighted by Crippen LogP contribution is 2.43. The molecule has 0 fully saturated rings. The number of rotatable bonds is 59. The molecule has 0 aliphatic carbocycles. The summed E-state index contributed by atoms with van der Waals surface area (Å²) in [5.41, 5.74) is 0. The lowest BCUT2D eigenvalue weighted by Crippen LogP contribution is -2.47. The van der Waals surface area contributed by atoms with E-state index in [1.807, 2.05) is 33.3 Å². The van der Waals surface area contributed by atoms with E-state index < -0.39 is 20.0 Å². The Bertz CT molecular complexity index is 1690. The third-order valence-electron chi connectivity index (χ3n) is 14.3. The van der Waals surface area contributed by atoms with Gasteiger partial charge in [-0.1, -0.05) is 260 Å². The number of esters is 1. The van der Waals surface area contributed by atoms with E-state index in [2.05, 4.69) is 111 Å². The van der Waals surface area contributed by atoms with Gasteiger partial charge in [0.1, 0.15) is 19.3 Å². The number of carbonyl (C=O) groups excluding carboxylic acids is 2. The molecule has 462 valence electrons. The fourth-order valence-corrected chi connectivity index (χ4v) is 9.91. The van der Waals surface area contributed by atoms with Crippen molar-refractivity contribution in [2.24, 2.45) is 0 Å². The van der Waals surface area contributed by atoms with Crippen molar-refractivity contribution in [1.82, 2.24) is 5.32 Å². The fourth-order valence-electron chi connectivity index (χ4n) is 9.17. The molecule has 0 heterocycles. The van der Waals surface area contributed by atoms with Gasteiger partial charge in [0, 0.05) is 12.8 Å². The van der Waals surface area contributed by atoms with Crippen molar-refractivity contribution in [2.75, 3.05) is 40.9 Å². The standard InChI is InChI=1S/C70H125N2O7P/c1-7-10-13-16-19-22-25-28-30-32-34-35-36-37-39-41-43-45-48-51-54-57-60-63-70(74)79-68(61-58-55-52-49-46-27-24-21-18-15-12-9-3)67(66-78-80(75,76)77-65-64-72(4,5)6)71-69(73)62-59-56-53-50-47-44-42-40-38-33-31-29-26-23-20-17-14-11-8-2/h10,13,19,22,28-31,34-35,37,39,43,45,58,61,67-68H,7-9,11-12,14-18,20-21,23-27,32-33,36,38,40-42,44,46-57,59-60,62-66H2,1-6H3,(H-,71,73,75,76)/p+1/b13-10-,22-19-,30-28-,31-29+,35-34-,39-37-,45-43-,61-58+. The van der Waals surface area contributed by atoms with Crippen LogP contribution in [0.4, 0.5) is 0 Å². The zero-order valence-corrected chi connectivity index (χ0v) is 53.7. The second-order valence-corrected chi connectivity index (χ2v) is 24.7. The van der Waals surface area contributed by atoms with E-state index in [9.17, 15) is 19.0 Å². The first kappa shape index (κ1) is 76.9. The molecule has 0 saturated heterocycles. The average molecular weight is 1140 g/mol. The third-order valence-corrected chi connectivity index (χ3v) is 15.2. The molecule has 0 bridgehead atoms. The number of carbonyl (C=O) groups is 2. The van der Waals surface area contributed by atoms with Gasteiger partial charge in [0.05, 0.1) is 33.8 Å². The molecule has 3 atom stereocenters. The molecule has 10 heteroatoms. The van der Waals surface area contributed by atoms with Crippen molar-refractivity contribution in [3.63, 3.8) is 0 Å². The van der Waals surface area contributed by atoms with Crippen molar-refractivity contribution in [3.05, 3.63) is 97.2 Å². The lowest BCUT2D eigenvalue weighted by Gasteiger charge is -2.27. The smallest absolute Gasteiger partial charge is 0.456 e. The number of hydrogen-bond donors (Lipinski definition) is 2. The quantitative estimate of drug-likeness (QED) is 0.0205. The van der Waals surface area contributed by atoms with Crippen LogP contribution in [0.3, 0.4) is 0 Å². The number of nitrogens with zero attached hydrogens (tertiary/aromatic N) is 1. The monoisotopic (exact) mass is 1140 g/mol. The van der Waals surface area contributed by atoms with Crippen LogP contribution in [-0.2, 0) is 27.9 Å². The zero-order valence-electron chi connectivity index (χ0n) is 52.8. The first-order chi connectivity index (χ1) is 38.9. The number of likely N-dealkylation sites (N-methyl/N-ethyl adjacent to an activating group) is 1. The molecule has 2 N–H and O–H groups in total. The molecule has 0 aromatic rings. The number of ether oxygens (including phenoxy) is 1. The van der Waals surface area contributed by atoms with Crippen LogP contribution in [0, 0.1) is 0 Å². The molecular formula is C70H126N2O7P+. The van der Waals surface area contributed by atoms with Crippen molar-refractivity contribution < 1.29 is 37.3 Å². The summed E-state index contributed by atoms with van der Waals surface area (Å²) in [6.45, 7) is 6.88. The summed E-state index contributed by atoms with van der Waals surface area (Å²) in [4.78, 5) is 37.8. The number of nitrogens with one attached hydrogen (secondary N) is 1. The minimum Gasteiger partial charge on any atom is -0.456 e. The molecule has 0 saturated carbocycles. The lowest BCUT2D eigenvalue weighted by molar-refractivity contribution is -0.870. The summed E-state index contributed by atoms with van der Waals surface area (Å²) < 4.78 is 30.7. The van der Waals surface area contributed by atoms with E-state index in [1.54, 1.807) is 0 Å². The van der Waals surface area contributed by atoms with Gasteiger partial charge in [-0.15, -0.1) is 0 Å². The number of phosphoric ester groups is 1. The van der Waals surface area contributed by atoms with E-state index in [-0.39, 0.29) is 31.5 Å². The number of amides is 1. The van der Waals surface area contributed by atoms with Crippen LogP contribution in [0.5, 0.6) is 0 Å². The van der Waals surface area contributed by atoms with E-state index in [4.69, 9.17) is 13.8 Å². The van der Waals surface area contributed by atoms with Crippen LogP contribution in [-0.4, -0.2) is 74.3 Å². The van der Waals surface area contributed by atoms with Gasteiger partial charge in [-0.05, 0) is 109 Å². The molecule has 0 aromatic heterocycles. The Morgan fingerprint density at radius 3 is 1.21 bits per heavy atom. The summed E-state index contributed by atoms with van der Waals surface area (Å²) in [6.07, 6.45) is 79.8. The second-order valence-electron chi connectivity index (χ2n) is 23.3. The van der Waals surface area contributed by atoms with Gasteiger partial charge in [0.25, 0.3) is 0 Å². The Labute approximate surface area is 494 Å². The van der Waals surface area contributed by atoms with Gasteiger partial charge in [0.15, 0.2) is 0 Å². The highest BCUT2D eigenvalue weighted by atomic mass is 31.2. The Balaban J connectivity index is 5.24. The molecular weight excluding hydrogens is 1010 g/mol. The Morgan fingerprint density at radius 2 is 0.800 bits per heavy atom. The van der Waals surface area contributed by atoms with Crippen molar-refractivity contribution in [2.45, 2.75) is 296 Å². The predicted molar refractivity (Wildman–Crippen MR) is 346 cm³/mol. The van der Waals surface area contributed by atoms with Crippen LogP contribution in [0.25, 0.3) is 0 Å². The number of phosphoric acid groups is 1. The topological polar surface area (TPSA) is 111 Å². The van der Waals surface area contributed by atoms with E-state index in [0.717, 1.165) is 103 Å². The summed E-state index contributed by atoms with van der Waals surface area (Å²) in [5.74, 6) is -0.536. The first-order valence-corrected chi connectivity index (χ1v) is 34.6. The second kappa shape index (κ2) is 59.1. The Hall–Kier alpha value is -3.07. The maximum atomic E-state index is 13.6. The summed E-state index contributed by atoms with van der Waals surface area (Å²) in [7, 11) is 1.47. The molecule has 0 spiro atoms. The van der Waals surface area contributed by atoms with Gasteiger partial charge in [-0.25, -0.2) is 4.57 Å². The molecule has 9 nitrogen and oxygen atoms in total. The van der Waals surface area contributed by atoms with Crippen molar-refractivity contribution >= 4 is 19.7 Å². The largest absolute Gasteiger partial charge is 0.472 e. The maximum Gasteiger partial charge on any atom is 0.472 e. The van der Waals surface area contributed by atoms with Crippen LogP contribution in [0.1, 0.15) is 284 Å². The Kier molecular flexibility index (Phi) is 56.8. The Morgan fingerprint density at radius 1 is 0.450 bits per heavy atom. The summed E-state index contributed by atoms with van der Waals surface area (Å²) in [6, 6.07) is -0.866. The zero-order chi connectivity index (χ0) is 58.6. The van der Waals surface area contributed by atoms with Crippen LogP contribution < -0.4 is 5.32 Å². The predicted octanol–water partition coefficient (Wildman–Crippen LogP) is 20.7. The number of quaternary nitrogens is 1. The van der Waals surface area contributed by atoms with Gasteiger partial charge in [-0.3, -0.25) is 18.6 Å². The van der Waals surface area contributed by atoms with E-state index >= 15 is 0 Å². The maximum absolute atomic E-state index is 13.6. The molecule has 1 amide bonds. The number of hydrogen-bond acceptors (Lipinski definition) is 6. The fraction of sp³-hybridized carbons (Fsp3) is 0.743. The molecule has 0 aliphatic rings. The van der Waals surface area contributed by atoms with Gasteiger partial charge < -0.3 is 19.4 Å². The number of allylic oxidation sites excluding steroid dienone is 15. The minimum atomic E-state index is -4.46. The first-order valence-electron chi connectivity index (χ1n) is 33.1.